The summed E-state index contributed by atoms with van der Waals surface area (Å²) in [5, 5.41) is 14.0. The Kier molecular flexibility index (Phi) is 7.58. The fourth-order valence-corrected chi connectivity index (χ4v) is 4.35. The first-order valence-corrected chi connectivity index (χ1v) is 12.2. The van der Waals surface area contributed by atoms with Crippen LogP contribution in [-0.4, -0.2) is 41.1 Å². The number of ether oxygens (including phenoxy) is 2. The van der Waals surface area contributed by atoms with Gasteiger partial charge in [-0.1, -0.05) is 17.3 Å². The highest BCUT2D eigenvalue weighted by Crippen LogP contribution is 2.30. The number of fused-ring (bicyclic) bond motifs is 1. The third-order valence-corrected chi connectivity index (χ3v) is 6.32. The number of nitrogens with zero attached hydrogens (tertiary/aromatic N) is 3. The van der Waals surface area contributed by atoms with Crippen molar-refractivity contribution in [1.82, 2.24) is 10.1 Å². The van der Waals surface area contributed by atoms with E-state index in [1.165, 1.54) is 0 Å². The fraction of sp³-hybridized carbons (Fsp3) is 0.429. The van der Waals surface area contributed by atoms with Gasteiger partial charge in [0, 0.05) is 18.5 Å². The van der Waals surface area contributed by atoms with E-state index in [1.54, 1.807) is 23.1 Å². The number of amides is 1. The summed E-state index contributed by atoms with van der Waals surface area (Å²) >= 11 is 0. The number of aryl methyl sites for hydroxylation is 1. The topological polar surface area (TPSA) is 106 Å². The molecule has 0 spiro atoms. The van der Waals surface area contributed by atoms with E-state index in [-0.39, 0.29) is 6.09 Å². The molecule has 0 bridgehead atoms. The first-order valence-electron chi connectivity index (χ1n) is 12.2. The van der Waals surface area contributed by atoms with E-state index in [1.807, 2.05) is 39.0 Å². The summed E-state index contributed by atoms with van der Waals surface area (Å²) in [6, 6.07) is 12.8. The molecule has 1 amide bonds. The Morgan fingerprint density at radius 3 is 2.58 bits per heavy atom. The molecule has 1 fully saturated rings. The Bertz CT molecular complexity index is 1260. The number of nitriles is 1. The van der Waals surface area contributed by atoms with Crippen LogP contribution >= 0.6 is 0 Å². The highest BCUT2D eigenvalue weighted by molar-refractivity contribution is 5.96. The summed E-state index contributed by atoms with van der Waals surface area (Å²) in [6.45, 7) is 7.30. The van der Waals surface area contributed by atoms with E-state index in [4.69, 9.17) is 19.3 Å². The first-order chi connectivity index (χ1) is 17.3. The Labute approximate surface area is 210 Å². The van der Waals surface area contributed by atoms with Gasteiger partial charge in [0.15, 0.2) is 11.9 Å². The van der Waals surface area contributed by atoms with Crippen LogP contribution in [0.25, 0.3) is 11.0 Å². The number of piperidine rings is 1. The number of aromatic nitrogens is 1. The lowest BCUT2D eigenvalue weighted by Gasteiger charge is -2.33. The minimum absolute atomic E-state index is 0.252. The maximum Gasteiger partial charge on any atom is 0.410 e. The van der Waals surface area contributed by atoms with Gasteiger partial charge in [-0.25, -0.2) is 4.79 Å². The van der Waals surface area contributed by atoms with Crippen LogP contribution in [0.15, 0.2) is 40.9 Å². The molecule has 1 aromatic heterocycles. The van der Waals surface area contributed by atoms with Gasteiger partial charge in [-0.15, -0.1) is 0 Å². The smallest absolute Gasteiger partial charge is 0.410 e. The van der Waals surface area contributed by atoms with E-state index < -0.39 is 5.60 Å². The largest absolute Gasteiger partial charge is 0.489 e. The number of aldehydes is 1. The molecule has 8 nitrogen and oxygen atoms in total. The maximum absolute atomic E-state index is 12.3. The molecular formula is C28H31N3O5. The Morgan fingerprint density at radius 2 is 1.94 bits per heavy atom. The van der Waals surface area contributed by atoms with Gasteiger partial charge >= 0.3 is 6.09 Å². The predicted octanol–water partition coefficient (Wildman–Crippen LogP) is 5.67. The minimum atomic E-state index is -0.493. The van der Waals surface area contributed by atoms with Crippen molar-refractivity contribution in [1.29, 1.82) is 5.26 Å². The average Bonchev–Trinajstić information content (AvgIpc) is 3.28. The lowest BCUT2D eigenvalue weighted by molar-refractivity contribution is 0.0181. The zero-order valence-corrected chi connectivity index (χ0v) is 21.0. The van der Waals surface area contributed by atoms with E-state index >= 15 is 0 Å². The third-order valence-electron chi connectivity index (χ3n) is 6.32. The van der Waals surface area contributed by atoms with Crippen molar-refractivity contribution in [3.8, 4) is 11.8 Å². The molecule has 1 saturated heterocycles. The van der Waals surface area contributed by atoms with Gasteiger partial charge in [0.25, 0.3) is 0 Å². The summed E-state index contributed by atoms with van der Waals surface area (Å²) in [5.41, 5.74) is 2.68. The van der Waals surface area contributed by atoms with E-state index in [2.05, 4.69) is 11.2 Å². The van der Waals surface area contributed by atoms with Crippen LogP contribution in [0.2, 0.25) is 0 Å². The highest BCUT2D eigenvalue weighted by Gasteiger charge is 2.27. The Morgan fingerprint density at radius 1 is 1.22 bits per heavy atom. The SMILES string of the molecule is CC(C)(C)OC(=O)N1CCC(CCc2noc3c(C=O)cc(OCc4ccc(C#N)cc4)cc23)CC1. The summed E-state index contributed by atoms with van der Waals surface area (Å²) in [7, 11) is 0. The molecule has 1 aliphatic heterocycles. The van der Waals surface area contributed by atoms with Crippen molar-refractivity contribution in [3.63, 3.8) is 0 Å². The quantitative estimate of drug-likeness (QED) is 0.394. The molecule has 36 heavy (non-hydrogen) atoms. The number of hydrogen-bond acceptors (Lipinski definition) is 7. The molecule has 0 saturated carbocycles. The normalized spacial score (nSPS) is 14.4. The molecule has 0 N–H and O–H groups in total. The molecule has 188 valence electrons. The van der Waals surface area contributed by atoms with Crippen molar-refractivity contribution < 1.29 is 23.6 Å². The van der Waals surface area contributed by atoms with Gasteiger partial charge in [0.2, 0.25) is 0 Å². The molecule has 0 atom stereocenters. The molecule has 2 aromatic carbocycles. The van der Waals surface area contributed by atoms with Crippen LogP contribution in [-0.2, 0) is 17.8 Å². The lowest BCUT2D eigenvalue weighted by Crippen LogP contribution is -2.41. The number of rotatable bonds is 7. The molecule has 0 unspecified atom stereocenters. The Balaban J connectivity index is 1.38. The number of hydrogen-bond donors (Lipinski definition) is 0. The summed E-state index contributed by atoms with van der Waals surface area (Å²) in [4.78, 5) is 25.8. The van der Waals surface area contributed by atoms with Crippen LogP contribution in [0.5, 0.6) is 5.75 Å². The molecule has 3 aromatic rings. The van der Waals surface area contributed by atoms with E-state index in [0.29, 0.717) is 54.5 Å². The van der Waals surface area contributed by atoms with Crippen LogP contribution in [0, 0.1) is 17.2 Å². The first kappa shape index (κ1) is 25.2. The van der Waals surface area contributed by atoms with Crippen molar-refractivity contribution >= 4 is 23.3 Å². The van der Waals surface area contributed by atoms with Gasteiger partial charge in [-0.3, -0.25) is 4.79 Å². The van der Waals surface area contributed by atoms with Crippen molar-refractivity contribution in [3.05, 3.63) is 58.8 Å². The van der Waals surface area contributed by atoms with Crippen molar-refractivity contribution in [2.45, 2.75) is 58.7 Å². The van der Waals surface area contributed by atoms with E-state index in [0.717, 1.165) is 42.2 Å². The van der Waals surface area contributed by atoms with Gasteiger partial charge in [0.1, 0.15) is 18.0 Å². The van der Waals surface area contributed by atoms with E-state index in [9.17, 15) is 9.59 Å². The average molecular weight is 490 g/mol. The Hall–Kier alpha value is -3.86. The highest BCUT2D eigenvalue weighted by atomic mass is 16.6. The molecular weight excluding hydrogens is 458 g/mol. The number of carbonyl (C=O) groups excluding carboxylic acids is 2. The minimum Gasteiger partial charge on any atom is -0.489 e. The van der Waals surface area contributed by atoms with Crippen LogP contribution < -0.4 is 4.74 Å². The lowest BCUT2D eigenvalue weighted by atomic mass is 9.91. The summed E-state index contributed by atoms with van der Waals surface area (Å²) in [6.07, 6.45) is 3.94. The van der Waals surface area contributed by atoms with Gasteiger partial charge < -0.3 is 18.9 Å². The van der Waals surface area contributed by atoms with Crippen LogP contribution in [0.1, 0.15) is 67.2 Å². The number of benzene rings is 2. The van der Waals surface area contributed by atoms with Crippen LogP contribution in [0.3, 0.4) is 0 Å². The second-order valence-corrected chi connectivity index (χ2v) is 10.2. The summed E-state index contributed by atoms with van der Waals surface area (Å²) < 4.78 is 16.9. The predicted molar refractivity (Wildman–Crippen MR) is 134 cm³/mol. The molecule has 0 aliphatic carbocycles. The molecule has 1 aliphatic rings. The van der Waals surface area contributed by atoms with Gasteiger partial charge in [-0.2, -0.15) is 5.26 Å². The second-order valence-electron chi connectivity index (χ2n) is 10.2. The van der Waals surface area contributed by atoms with Crippen molar-refractivity contribution in [2.24, 2.45) is 5.92 Å². The fourth-order valence-electron chi connectivity index (χ4n) is 4.35. The van der Waals surface area contributed by atoms with Crippen molar-refractivity contribution in [2.75, 3.05) is 13.1 Å². The number of carbonyl (C=O) groups is 2. The van der Waals surface area contributed by atoms with Gasteiger partial charge in [0.05, 0.1) is 22.9 Å². The van der Waals surface area contributed by atoms with Gasteiger partial charge in [-0.05, 0) is 82.2 Å². The third kappa shape index (κ3) is 6.22. The zero-order chi connectivity index (χ0) is 25.7. The molecule has 8 heteroatoms. The monoisotopic (exact) mass is 489 g/mol. The second kappa shape index (κ2) is 10.8. The number of likely N-dealkylation sites (tertiary alicyclic amines) is 1. The zero-order valence-electron chi connectivity index (χ0n) is 21.0. The molecule has 0 radical (unpaired) electrons. The summed E-state index contributed by atoms with van der Waals surface area (Å²) in [5.74, 6) is 1.03. The maximum atomic E-state index is 12.3. The molecule has 2 heterocycles. The van der Waals surface area contributed by atoms with Crippen LogP contribution in [0.4, 0.5) is 4.79 Å². The standard InChI is InChI=1S/C28H31N3O5/c1-28(2,3)35-27(33)31-12-10-19(11-13-31)8-9-25-24-15-23(14-22(17-32)26(24)36-30-25)34-18-21-6-4-20(16-29)5-7-21/h4-7,14-15,17,19H,8-13,18H2,1-3H3. The molecule has 4 rings (SSSR count).